The molecule has 6 aromatic rings. The number of pyridine rings is 1. The van der Waals surface area contributed by atoms with E-state index in [1.165, 1.54) is 43.5 Å². The minimum atomic E-state index is 0.849. The molecule has 2 heterocycles. The fourth-order valence-electron chi connectivity index (χ4n) is 4.31. The zero-order valence-electron chi connectivity index (χ0n) is 13.0. The Morgan fingerprint density at radius 1 is 0.583 bits per heavy atom. The zero-order chi connectivity index (χ0) is 15.8. The van der Waals surface area contributed by atoms with Crippen LogP contribution >= 0.6 is 0 Å². The first-order chi connectivity index (χ1) is 11.8. The highest BCUT2D eigenvalue weighted by molar-refractivity contribution is 6.44. The van der Waals surface area contributed by atoms with E-state index in [9.17, 15) is 0 Å². The maximum atomic E-state index is 6.43. The molecule has 0 aliphatic carbocycles. The number of hydrogen-bond donors (Lipinski definition) is 0. The van der Waals surface area contributed by atoms with Crippen LogP contribution in [0.25, 0.3) is 48.9 Å². The summed E-state index contributed by atoms with van der Waals surface area (Å²) in [6.07, 6.45) is 0. The molecule has 0 N–H and O–H groups in total. The molecular weight excluding hydrogens is 289 g/mol. The van der Waals surface area contributed by atoms with Gasteiger partial charge in [-0.25, -0.2) is 0 Å². The predicted octanol–water partition coefficient (Wildman–Crippen LogP) is 4.78. The van der Waals surface area contributed by atoms with E-state index in [0.29, 0.717) is 0 Å². The second-order valence-corrected chi connectivity index (χ2v) is 6.46. The van der Waals surface area contributed by atoms with Crippen molar-refractivity contribution in [3.63, 3.8) is 0 Å². The molecule has 1 nitrogen and oxygen atoms in total. The Balaban J connectivity index is 2.18. The largest absolute Gasteiger partial charge is 0.308 e. The lowest BCUT2D eigenvalue weighted by atomic mass is 9.86. The third-order valence-electron chi connectivity index (χ3n) is 5.26. The van der Waals surface area contributed by atoms with Crippen LogP contribution in [0.1, 0.15) is 0 Å². The highest BCUT2D eigenvalue weighted by Gasteiger charge is 2.18. The van der Waals surface area contributed by atoms with Gasteiger partial charge in [0.05, 0.1) is 16.6 Å². The summed E-state index contributed by atoms with van der Waals surface area (Å²) in [6, 6.07) is 25.8. The summed E-state index contributed by atoms with van der Waals surface area (Å²) in [5.41, 5.74) is 4.60. The first kappa shape index (κ1) is 12.4. The van der Waals surface area contributed by atoms with Gasteiger partial charge in [0.15, 0.2) is 0 Å². The number of para-hydroxylation sites is 2. The van der Waals surface area contributed by atoms with E-state index in [4.69, 9.17) is 7.85 Å². The minimum absolute atomic E-state index is 0.849. The maximum absolute atomic E-state index is 6.43. The molecule has 2 radical (unpaired) electrons. The van der Waals surface area contributed by atoms with E-state index in [1.807, 2.05) is 0 Å². The van der Waals surface area contributed by atoms with Gasteiger partial charge in [-0.05, 0) is 22.9 Å². The zero-order valence-corrected chi connectivity index (χ0v) is 13.0. The fraction of sp³-hybridized carbons (Fsp3) is 0. The molecule has 0 unspecified atom stereocenters. The molecule has 0 aliphatic rings. The number of rotatable bonds is 0. The van der Waals surface area contributed by atoms with Gasteiger partial charge in [-0.2, -0.15) is 0 Å². The molecule has 0 bridgehead atoms. The Kier molecular flexibility index (Phi) is 2.12. The SMILES string of the molecule is [B]c1cc2c3ccccc3n3c4ccccc4c4cccc1c4c23. The lowest BCUT2D eigenvalue weighted by Crippen LogP contribution is -2.05. The van der Waals surface area contributed by atoms with Gasteiger partial charge in [0.1, 0.15) is 7.85 Å². The van der Waals surface area contributed by atoms with Gasteiger partial charge >= 0.3 is 0 Å². The van der Waals surface area contributed by atoms with Gasteiger partial charge in [-0.15, -0.1) is 0 Å². The summed E-state index contributed by atoms with van der Waals surface area (Å²) in [5, 5.41) is 7.44. The predicted molar refractivity (Wildman–Crippen MR) is 104 cm³/mol. The van der Waals surface area contributed by atoms with E-state index in [0.717, 1.165) is 10.8 Å². The van der Waals surface area contributed by atoms with Crippen molar-refractivity contribution >= 4 is 62.2 Å². The molecular formula is C22H12BN. The monoisotopic (exact) mass is 301 g/mol. The Morgan fingerprint density at radius 3 is 1.92 bits per heavy atom. The lowest BCUT2D eigenvalue weighted by molar-refractivity contribution is 1.35. The smallest absolute Gasteiger partial charge is 0.114 e. The molecule has 0 aliphatic heterocycles. The van der Waals surface area contributed by atoms with Crippen LogP contribution in [0.15, 0.2) is 72.8 Å². The summed E-state index contributed by atoms with van der Waals surface area (Å²) in [4.78, 5) is 0. The Labute approximate surface area is 139 Å². The van der Waals surface area contributed by atoms with Crippen molar-refractivity contribution in [1.82, 2.24) is 4.40 Å². The number of fused-ring (bicyclic) bond motifs is 6. The second-order valence-electron chi connectivity index (χ2n) is 6.46. The molecule has 4 aromatic carbocycles. The van der Waals surface area contributed by atoms with Gasteiger partial charge < -0.3 is 4.40 Å². The quantitative estimate of drug-likeness (QED) is 0.216. The minimum Gasteiger partial charge on any atom is -0.308 e. The van der Waals surface area contributed by atoms with E-state index in [-0.39, 0.29) is 0 Å². The summed E-state index contributed by atoms with van der Waals surface area (Å²) in [5.74, 6) is 0. The number of aromatic nitrogens is 1. The molecule has 0 spiro atoms. The van der Waals surface area contributed by atoms with Crippen LogP contribution in [-0.4, -0.2) is 12.2 Å². The van der Waals surface area contributed by atoms with E-state index in [2.05, 4.69) is 77.2 Å². The van der Waals surface area contributed by atoms with Crippen LogP contribution in [0.5, 0.6) is 0 Å². The Bertz CT molecular complexity index is 1400. The molecule has 6 rings (SSSR count). The molecule has 2 heteroatoms. The molecule has 108 valence electrons. The summed E-state index contributed by atoms with van der Waals surface area (Å²) >= 11 is 0. The molecule has 0 atom stereocenters. The van der Waals surface area contributed by atoms with Crippen LogP contribution in [0.4, 0.5) is 0 Å². The van der Waals surface area contributed by atoms with Crippen molar-refractivity contribution in [2.45, 2.75) is 0 Å². The maximum Gasteiger partial charge on any atom is 0.114 e. The summed E-state index contributed by atoms with van der Waals surface area (Å²) in [6.45, 7) is 0. The van der Waals surface area contributed by atoms with Crippen molar-refractivity contribution in [1.29, 1.82) is 0 Å². The third kappa shape index (κ3) is 1.29. The second kappa shape index (κ2) is 4.10. The van der Waals surface area contributed by atoms with Crippen LogP contribution in [0, 0.1) is 0 Å². The Hall–Kier alpha value is -3.00. The van der Waals surface area contributed by atoms with Gasteiger partial charge in [0.25, 0.3) is 0 Å². The van der Waals surface area contributed by atoms with Crippen molar-refractivity contribution < 1.29 is 0 Å². The Morgan fingerprint density at radius 2 is 1.17 bits per heavy atom. The summed E-state index contributed by atoms with van der Waals surface area (Å²) in [7, 11) is 6.43. The third-order valence-corrected chi connectivity index (χ3v) is 5.26. The van der Waals surface area contributed by atoms with Crippen molar-refractivity contribution in [3.8, 4) is 0 Å². The standard InChI is InChI=1S/C22H12BN/c23-18-12-17-14-7-2-4-11-20(14)24-19-10-3-1-6-13(19)15-8-5-9-16(18)21(15)22(17)24/h1-12H. The van der Waals surface area contributed by atoms with Gasteiger partial charge in [-0.1, -0.05) is 66.1 Å². The molecule has 2 aromatic heterocycles. The topological polar surface area (TPSA) is 4.41 Å². The fourth-order valence-corrected chi connectivity index (χ4v) is 4.31. The number of benzene rings is 4. The van der Waals surface area contributed by atoms with Crippen LogP contribution in [-0.2, 0) is 0 Å². The average molecular weight is 301 g/mol. The average Bonchev–Trinajstić information content (AvgIpc) is 2.97. The van der Waals surface area contributed by atoms with E-state index in [1.54, 1.807) is 0 Å². The van der Waals surface area contributed by atoms with Crippen LogP contribution < -0.4 is 5.46 Å². The normalized spacial score (nSPS) is 12.3. The van der Waals surface area contributed by atoms with Crippen LogP contribution in [0.2, 0.25) is 0 Å². The first-order valence-electron chi connectivity index (χ1n) is 8.19. The first-order valence-corrected chi connectivity index (χ1v) is 8.19. The van der Waals surface area contributed by atoms with Crippen molar-refractivity contribution in [2.75, 3.05) is 0 Å². The van der Waals surface area contributed by atoms with E-state index < -0.39 is 0 Å². The summed E-state index contributed by atoms with van der Waals surface area (Å²) < 4.78 is 2.40. The number of hydrogen-bond acceptors (Lipinski definition) is 0. The molecule has 0 saturated carbocycles. The highest BCUT2D eigenvalue weighted by Crippen LogP contribution is 2.40. The molecule has 0 saturated heterocycles. The highest BCUT2D eigenvalue weighted by atomic mass is 14.9. The van der Waals surface area contributed by atoms with Gasteiger partial charge in [-0.3, -0.25) is 0 Å². The van der Waals surface area contributed by atoms with Gasteiger partial charge in [0, 0.05) is 21.5 Å². The van der Waals surface area contributed by atoms with Gasteiger partial charge in [0.2, 0.25) is 0 Å². The number of nitrogens with zero attached hydrogens (tertiary/aromatic N) is 1. The van der Waals surface area contributed by atoms with Crippen molar-refractivity contribution in [3.05, 3.63) is 72.8 Å². The van der Waals surface area contributed by atoms with E-state index >= 15 is 0 Å². The van der Waals surface area contributed by atoms with Crippen LogP contribution in [0.3, 0.4) is 0 Å². The molecule has 0 fully saturated rings. The lowest BCUT2D eigenvalue weighted by Gasteiger charge is -2.14. The molecule has 0 amide bonds. The van der Waals surface area contributed by atoms with Crippen molar-refractivity contribution in [2.24, 2.45) is 0 Å². The molecule has 24 heavy (non-hydrogen) atoms.